The molecule has 0 heterocycles. The van der Waals surface area contributed by atoms with Crippen LogP contribution < -0.4 is 16.2 Å². The lowest BCUT2D eigenvalue weighted by molar-refractivity contribution is -0.384. The Morgan fingerprint density at radius 2 is 2.22 bits per heavy atom. The second-order valence-electron chi connectivity index (χ2n) is 3.63. The van der Waals surface area contributed by atoms with Crippen LogP contribution in [0.2, 0.25) is 0 Å². The highest BCUT2D eigenvalue weighted by atomic mass is 16.6. The van der Waals surface area contributed by atoms with Crippen molar-refractivity contribution in [2.24, 2.45) is 5.73 Å². The van der Waals surface area contributed by atoms with Gasteiger partial charge in [0.1, 0.15) is 17.5 Å². The number of nitro benzene ring substituents is 1. The number of rotatable bonds is 5. The van der Waals surface area contributed by atoms with Crippen molar-refractivity contribution in [3.05, 3.63) is 27.8 Å². The monoisotopic (exact) mass is 255 g/mol. The summed E-state index contributed by atoms with van der Waals surface area (Å²) in [5.41, 5.74) is 11.0. The lowest BCUT2D eigenvalue weighted by atomic mass is 10.0. The van der Waals surface area contributed by atoms with Crippen molar-refractivity contribution in [1.82, 2.24) is 0 Å². The third-order valence-corrected chi connectivity index (χ3v) is 2.38. The summed E-state index contributed by atoms with van der Waals surface area (Å²) >= 11 is 0. The fourth-order valence-corrected chi connectivity index (χ4v) is 1.46. The van der Waals surface area contributed by atoms with Crippen molar-refractivity contribution in [2.75, 3.05) is 12.8 Å². The van der Waals surface area contributed by atoms with Gasteiger partial charge in [-0.1, -0.05) is 0 Å². The van der Waals surface area contributed by atoms with Gasteiger partial charge in [0.15, 0.2) is 0 Å². The Morgan fingerprint density at radius 3 is 2.67 bits per heavy atom. The number of anilines is 1. The first-order chi connectivity index (χ1) is 8.36. The Bertz CT molecular complexity index is 489. The zero-order valence-corrected chi connectivity index (χ0v) is 9.62. The molecular weight excluding hydrogens is 242 g/mol. The lowest BCUT2D eigenvalue weighted by Crippen LogP contribution is -2.32. The predicted octanol–water partition coefficient (Wildman–Crippen LogP) is 0.140. The highest BCUT2D eigenvalue weighted by Crippen LogP contribution is 2.31. The lowest BCUT2D eigenvalue weighted by Gasteiger charge is -2.12. The largest absolute Gasteiger partial charge is 0.496 e. The summed E-state index contributed by atoms with van der Waals surface area (Å²) in [5, 5.41) is 19.4. The molecule has 0 radical (unpaired) electrons. The molecule has 1 atom stereocenters. The molecule has 18 heavy (non-hydrogen) atoms. The van der Waals surface area contributed by atoms with E-state index in [4.69, 9.17) is 21.3 Å². The first-order valence-corrected chi connectivity index (χ1v) is 4.96. The van der Waals surface area contributed by atoms with Gasteiger partial charge in [-0.2, -0.15) is 0 Å². The molecule has 98 valence electrons. The molecule has 0 aliphatic heterocycles. The highest BCUT2D eigenvalue weighted by Gasteiger charge is 2.20. The summed E-state index contributed by atoms with van der Waals surface area (Å²) < 4.78 is 4.96. The third kappa shape index (κ3) is 2.86. The molecule has 0 bridgehead atoms. The van der Waals surface area contributed by atoms with Crippen molar-refractivity contribution in [3.8, 4) is 5.75 Å². The molecule has 1 aromatic carbocycles. The van der Waals surface area contributed by atoms with E-state index >= 15 is 0 Å². The van der Waals surface area contributed by atoms with Gasteiger partial charge in [-0.3, -0.25) is 14.9 Å². The van der Waals surface area contributed by atoms with E-state index in [0.717, 1.165) is 6.07 Å². The van der Waals surface area contributed by atoms with Gasteiger partial charge in [-0.25, -0.2) is 0 Å². The number of nitrogens with two attached hydrogens (primary N) is 2. The highest BCUT2D eigenvalue weighted by molar-refractivity contribution is 5.74. The quantitative estimate of drug-likeness (QED) is 0.386. The van der Waals surface area contributed by atoms with E-state index in [0.29, 0.717) is 5.56 Å². The van der Waals surface area contributed by atoms with Gasteiger partial charge in [0.05, 0.1) is 18.1 Å². The van der Waals surface area contributed by atoms with E-state index in [1.807, 2.05) is 0 Å². The van der Waals surface area contributed by atoms with Crippen LogP contribution in [0.25, 0.3) is 0 Å². The summed E-state index contributed by atoms with van der Waals surface area (Å²) in [4.78, 5) is 20.7. The predicted molar refractivity (Wildman–Crippen MR) is 63.4 cm³/mol. The molecule has 1 rings (SSSR count). The van der Waals surface area contributed by atoms with Gasteiger partial charge in [-0.15, -0.1) is 0 Å². The number of methoxy groups -OCH3 is 1. The number of carboxylic acid groups (broad SMARTS) is 1. The topological polar surface area (TPSA) is 142 Å². The van der Waals surface area contributed by atoms with Gasteiger partial charge in [0.25, 0.3) is 5.69 Å². The van der Waals surface area contributed by atoms with Gasteiger partial charge in [0.2, 0.25) is 0 Å². The number of ether oxygens (including phenoxy) is 1. The van der Waals surface area contributed by atoms with Crippen LogP contribution in [0.15, 0.2) is 12.1 Å². The van der Waals surface area contributed by atoms with Gasteiger partial charge in [0, 0.05) is 6.42 Å². The minimum Gasteiger partial charge on any atom is -0.496 e. The summed E-state index contributed by atoms with van der Waals surface area (Å²) in [6, 6.07) is 1.33. The Kier molecular flexibility index (Phi) is 4.05. The summed E-state index contributed by atoms with van der Waals surface area (Å²) in [6.45, 7) is 0. The fraction of sp³-hybridized carbons (Fsp3) is 0.300. The third-order valence-electron chi connectivity index (χ3n) is 2.38. The van der Waals surface area contributed by atoms with Crippen LogP contribution in [0, 0.1) is 10.1 Å². The number of carbonyl (C=O) groups is 1. The molecule has 0 amide bonds. The molecule has 5 N–H and O–H groups in total. The van der Waals surface area contributed by atoms with Crippen molar-refractivity contribution < 1.29 is 19.6 Å². The second-order valence-corrected chi connectivity index (χ2v) is 3.63. The van der Waals surface area contributed by atoms with Gasteiger partial charge >= 0.3 is 5.97 Å². The van der Waals surface area contributed by atoms with Crippen molar-refractivity contribution in [3.63, 3.8) is 0 Å². The average Bonchev–Trinajstić information content (AvgIpc) is 2.28. The Balaban J connectivity index is 3.16. The van der Waals surface area contributed by atoms with Gasteiger partial charge < -0.3 is 21.3 Å². The van der Waals surface area contributed by atoms with Crippen LogP contribution in [0.4, 0.5) is 11.4 Å². The van der Waals surface area contributed by atoms with Crippen molar-refractivity contribution >= 4 is 17.3 Å². The Morgan fingerprint density at radius 1 is 1.61 bits per heavy atom. The second kappa shape index (κ2) is 5.32. The number of hydrogen-bond donors (Lipinski definition) is 3. The first-order valence-electron chi connectivity index (χ1n) is 4.96. The molecular formula is C10H13N3O5. The normalized spacial score (nSPS) is 11.9. The zero-order valence-electron chi connectivity index (χ0n) is 9.62. The maximum Gasteiger partial charge on any atom is 0.320 e. The molecule has 0 saturated carbocycles. The summed E-state index contributed by atoms with van der Waals surface area (Å²) in [6.07, 6.45) is -0.0271. The average molecular weight is 255 g/mol. The number of aliphatic carboxylic acids is 1. The molecule has 0 saturated heterocycles. The molecule has 1 aromatic rings. The Hall–Kier alpha value is -2.35. The molecule has 1 unspecified atom stereocenters. The van der Waals surface area contributed by atoms with E-state index in [1.54, 1.807) is 0 Å². The Labute approximate surface area is 102 Å². The van der Waals surface area contributed by atoms with Crippen LogP contribution in [-0.4, -0.2) is 29.2 Å². The molecule has 0 aliphatic rings. The van der Waals surface area contributed by atoms with Gasteiger partial charge in [-0.05, 0) is 11.6 Å². The molecule has 0 spiro atoms. The molecule has 8 heteroatoms. The zero-order chi connectivity index (χ0) is 13.9. The van der Waals surface area contributed by atoms with E-state index in [-0.39, 0.29) is 23.5 Å². The number of nitrogens with zero attached hydrogens (tertiary/aromatic N) is 1. The van der Waals surface area contributed by atoms with E-state index < -0.39 is 16.9 Å². The fourth-order valence-electron chi connectivity index (χ4n) is 1.46. The van der Waals surface area contributed by atoms with Crippen molar-refractivity contribution in [2.45, 2.75) is 12.5 Å². The SMILES string of the molecule is COc1cc([N+](=O)[O-])c(N)cc1CC(N)C(=O)O. The van der Waals surface area contributed by atoms with E-state index in [9.17, 15) is 14.9 Å². The minimum absolute atomic E-state index is 0.0271. The van der Waals surface area contributed by atoms with Crippen LogP contribution in [0.1, 0.15) is 5.56 Å². The molecule has 0 fully saturated rings. The van der Waals surface area contributed by atoms with Crippen LogP contribution >= 0.6 is 0 Å². The van der Waals surface area contributed by atoms with Crippen LogP contribution in [0.3, 0.4) is 0 Å². The number of nitro groups is 1. The van der Waals surface area contributed by atoms with E-state index in [1.165, 1.54) is 13.2 Å². The maximum absolute atomic E-state index is 10.7. The number of benzene rings is 1. The molecule has 0 aliphatic carbocycles. The number of carboxylic acids is 1. The smallest absolute Gasteiger partial charge is 0.320 e. The summed E-state index contributed by atoms with van der Waals surface area (Å²) in [7, 11) is 1.32. The number of nitrogen functional groups attached to an aromatic ring is 1. The van der Waals surface area contributed by atoms with Crippen molar-refractivity contribution in [1.29, 1.82) is 0 Å². The minimum atomic E-state index is -1.17. The summed E-state index contributed by atoms with van der Waals surface area (Å²) in [5.74, 6) is -0.985. The van der Waals surface area contributed by atoms with Crippen LogP contribution in [-0.2, 0) is 11.2 Å². The maximum atomic E-state index is 10.7. The molecule has 8 nitrogen and oxygen atoms in total. The molecule has 0 aromatic heterocycles. The number of hydrogen-bond acceptors (Lipinski definition) is 6. The van der Waals surface area contributed by atoms with Crippen LogP contribution in [0.5, 0.6) is 5.75 Å². The standard InChI is InChI=1S/C10H13N3O5/c1-18-9-4-8(13(16)17)6(11)2-5(9)3-7(12)10(14)15/h2,4,7H,3,11-12H2,1H3,(H,14,15). The first kappa shape index (κ1) is 13.7. The van der Waals surface area contributed by atoms with E-state index in [2.05, 4.69) is 0 Å².